The van der Waals surface area contributed by atoms with Crippen molar-refractivity contribution in [3.8, 4) is 0 Å². The molecule has 1 aliphatic rings. The third-order valence-corrected chi connectivity index (χ3v) is 6.14. The van der Waals surface area contributed by atoms with Crippen molar-refractivity contribution >= 4 is 5.91 Å². The maximum atomic E-state index is 11.9. The van der Waals surface area contributed by atoms with Gasteiger partial charge in [-0.05, 0) is 20.3 Å². The minimum absolute atomic E-state index is 0. The molecule has 1 saturated heterocycles. The van der Waals surface area contributed by atoms with Crippen molar-refractivity contribution in [1.29, 1.82) is 0 Å². The Morgan fingerprint density at radius 3 is 1.58 bits per heavy atom. The molecule has 0 saturated carbocycles. The Balaban J connectivity index is 0.00000625. The van der Waals surface area contributed by atoms with Gasteiger partial charge in [0, 0.05) is 12.8 Å². The van der Waals surface area contributed by atoms with Crippen molar-refractivity contribution in [2.24, 2.45) is 0 Å². The van der Waals surface area contributed by atoms with E-state index in [0.717, 1.165) is 19.4 Å². The van der Waals surface area contributed by atoms with E-state index in [2.05, 4.69) is 20.8 Å². The molecule has 0 radical (unpaired) electrons. The van der Waals surface area contributed by atoms with Gasteiger partial charge in [0.25, 0.3) is 0 Å². The van der Waals surface area contributed by atoms with Gasteiger partial charge < -0.3 is 12.4 Å². The molecule has 1 fully saturated rings. The molecule has 3 heteroatoms. The number of likely N-dealkylation sites (tertiary alicyclic amines) is 1. The van der Waals surface area contributed by atoms with Crippen LogP contribution in [0.5, 0.6) is 0 Å². The number of carbonyl (C=O) groups is 1. The van der Waals surface area contributed by atoms with E-state index in [-0.39, 0.29) is 17.9 Å². The third-order valence-electron chi connectivity index (χ3n) is 6.14. The van der Waals surface area contributed by atoms with Gasteiger partial charge in [0.2, 0.25) is 0 Å². The lowest BCUT2D eigenvalue weighted by Gasteiger charge is -2.30. The van der Waals surface area contributed by atoms with Crippen LogP contribution in [-0.4, -0.2) is 18.0 Å². The molecule has 1 amide bonds. The van der Waals surface area contributed by atoms with E-state index in [4.69, 9.17) is 0 Å². The average Bonchev–Trinajstić information content (AvgIpc) is 3.02. The first-order valence-electron chi connectivity index (χ1n) is 11.5. The molecule has 0 aromatic heterocycles. The van der Waals surface area contributed by atoms with Crippen LogP contribution in [0.3, 0.4) is 0 Å². The number of rotatable bonds is 16. The van der Waals surface area contributed by atoms with Crippen molar-refractivity contribution < 1.29 is 22.1 Å². The van der Waals surface area contributed by atoms with Gasteiger partial charge in [-0.1, -0.05) is 90.4 Å². The van der Waals surface area contributed by atoms with E-state index < -0.39 is 0 Å². The highest BCUT2D eigenvalue weighted by Crippen LogP contribution is 2.16. The van der Waals surface area contributed by atoms with Gasteiger partial charge in [0.15, 0.2) is 0 Å². The summed E-state index contributed by atoms with van der Waals surface area (Å²) in [6.45, 7) is 7.92. The summed E-state index contributed by atoms with van der Waals surface area (Å²) in [6, 6.07) is 0. The van der Waals surface area contributed by atoms with Gasteiger partial charge in [-0.2, -0.15) is 0 Å². The second-order valence-electron chi connectivity index (χ2n) is 8.99. The van der Waals surface area contributed by atoms with Crippen LogP contribution in [0.1, 0.15) is 130 Å². The molecular weight excluding hydrogens is 342 g/mol. The molecule has 1 aliphatic heterocycles. The standard InChI is InChI=1S/C23H45NO.ClH/c1-4-5-6-7-8-9-10-11-12-13-14-15-16-17-20-23(2,3)24-21-18-19-22(24)25;/h4-21H2,1-3H3;1H. The predicted molar refractivity (Wildman–Crippen MR) is 109 cm³/mol. The monoisotopic (exact) mass is 387 g/mol. The fraction of sp³-hybridized carbons (Fsp3) is 0.957. The summed E-state index contributed by atoms with van der Waals surface area (Å²) in [7, 11) is 0. The largest absolute Gasteiger partial charge is 1.00 e. The first kappa shape index (κ1) is 25.9. The van der Waals surface area contributed by atoms with Crippen molar-refractivity contribution in [3.63, 3.8) is 0 Å². The Bertz CT molecular complexity index is 343. The highest BCUT2D eigenvalue weighted by Gasteiger charge is 2.38. The molecule has 0 spiro atoms. The molecule has 1 heterocycles. The molecule has 0 aromatic carbocycles. The van der Waals surface area contributed by atoms with Gasteiger partial charge in [-0.15, -0.1) is 0 Å². The quantitative estimate of drug-likeness (QED) is 0.404. The van der Waals surface area contributed by atoms with Crippen LogP contribution in [0.4, 0.5) is 0 Å². The zero-order chi connectivity index (χ0) is 18.4. The number of amides is 1. The molecule has 0 aromatic rings. The van der Waals surface area contributed by atoms with Gasteiger partial charge in [-0.25, -0.2) is 4.79 Å². The van der Waals surface area contributed by atoms with Crippen LogP contribution in [0.2, 0.25) is 0 Å². The summed E-state index contributed by atoms with van der Waals surface area (Å²) in [5.41, 5.74) is 0.157. The Morgan fingerprint density at radius 1 is 0.769 bits per heavy atom. The topological polar surface area (TPSA) is 21.5 Å². The van der Waals surface area contributed by atoms with E-state index in [1.54, 1.807) is 0 Å². The zero-order valence-corrected chi connectivity index (χ0v) is 18.8. The highest BCUT2D eigenvalue weighted by molar-refractivity contribution is 5.68. The molecular formula is C23H46ClNO. The maximum absolute atomic E-state index is 11.9. The average molecular weight is 388 g/mol. The van der Waals surface area contributed by atoms with Crippen molar-refractivity contribution in [1.82, 2.24) is 0 Å². The Kier molecular flexibility index (Phi) is 15.9. The molecule has 1 unspecified atom stereocenters. The van der Waals surface area contributed by atoms with E-state index in [9.17, 15) is 4.79 Å². The Morgan fingerprint density at radius 2 is 1.19 bits per heavy atom. The van der Waals surface area contributed by atoms with E-state index in [0.29, 0.717) is 5.91 Å². The molecule has 1 N–H and O–H groups in total. The fourth-order valence-electron chi connectivity index (χ4n) is 4.34. The van der Waals surface area contributed by atoms with Crippen LogP contribution >= 0.6 is 0 Å². The molecule has 0 aliphatic carbocycles. The molecule has 26 heavy (non-hydrogen) atoms. The molecule has 2 nitrogen and oxygen atoms in total. The first-order chi connectivity index (χ1) is 12.1. The smallest absolute Gasteiger partial charge is 0.312 e. The van der Waals surface area contributed by atoms with Gasteiger partial charge in [-0.3, -0.25) is 4.90 Å². The highest BCUT2D eigenvalue weighted by atomic mass is 35.5. The normalized spacial score (nSPS) is 17.5. The van der Waals surface area contributed by atoms with Crippen LogP contribution in [-0.2, 0) is 4.79 Å². The second-order valence-corrected chi connectivity index (χ2v) is 8.99. The Hall–Kier alpha value is -0.0800. The summed E-state index contributed by atoms with van der Waals surface area (Å²) in [5.74, 6) is 0.454. The van der Waals surface area contributed by atoms with Crippen molar-refractivity contribution in [2.75, 3.05) is 6.54 Å². The lowest BCUT2D eigenvalue weighted by atomic mass is 9.94. The summed E-state index contributed by atoms with van der Waals surface area (Å²) >= 11 is 0. The second kappa shape index (κ2) is 15.9. The first-order valence-corrected chi connectivity index (χ1v) is 11.5. The lowest BCUT2D eigenvalue weighted by Crippen LogP contribution is -3.19. The summed E-state index contributed by atoms with van der Waals surface area (Å²) in [6.07, 6.45) is 22.9. The summed E-state index contributed by atoms with van der Waals surface area (Å²) in [5, 5.41) is 0. The van der Waals surface area contributed by atoms with Gasteiger partial charge in [0.1, 0.15) is 0 Å². The van der Waals surface area contributed by atoms with Crippen LogP contribution in [0.25, 0.3) is 0 Å². The summed E-state index contributed by atoms with van der Waals surface area (Å²) in [4.78, 5) is 13.2. The lowest BCUT2D eigenvalue weighted by molar-refractivity contribution is -0.866. The summed E-state index contributed by atoms with van der Waals surface area (Å²) < 4.78 is 0. The number of carbonyl (C=O) groups excluding carboxylic acids is 1. The molecule has 156 valence electrons. The van der Waals surface area contributed by atoms with E-state index in [1.165, 1.54) is 101 Å². The Labute approximate surface area is 170 Å². The van der Waals surface area contributed by atoms with Crippen LogP contribution in [0, 0.1) is 0 Å². The zero-order valence-electron chi connectivity index (χ0n) is 18.0. The SMILES string of the molecule is CCCCCCCCCCCCCCCCC(C)(C)[NH+]1CCCC1=O.[Cl-]. The van der Waals surface area contributed by atoms with Gasteiger partial charge >= 0.3 is 5.91 Å². The maximum Gasteiger partial charge on any atom is 0.312 e. The third kappa shape index (κ3) is 11.6. The minimum Gasteiger partial charge on any atom is -1.00 e. The fourth-order valence-corrected chi connectivity index (χ4v) is 4.34. The van der Waals surface area contributed by atoms with Crippen LogP contribution in [0.15, 0.2) is 0 Å². The number of hydrogen-bond donors (Lipinski definition) is 1. The van der Waals surface area contributed by atoms with Crippen molar-refractivity contribution in [3.05, 3.63) is 0 Å². The van der Waals surface area contributed by atoms with Gasteiger partial charge in [0.05, 0.1) is 18.5 Å². The number of halogens is 1. The number of unbranched alkanes of at least 4 members (excludes halogenated alkanes) is 13. The van der Waals surface area contributed by atoms with E-state index >= 15 is 0 Å². The van der Waals surface area contributed by atoms with Crippen LogP contribution < -0.4 is 17.3 Å². The number of quaternary nitrogens is 1. The number of hydrogen-bond acceptors (Lipinski definition) is 1. The minimum atomic E-state index is 0. The van der Waals surface area contributed by atoms with E-state index in [1.807, 2.05) is 0 Å². The molecule has 1 atom stereocenters. The predicted octanol–water partition coefficient (Wildman–Crippen LogP) is 2.85. The number of nitrogens with one attached hydrogen (secondary N) is 1. The molecule has 0 bridgehead atoms. The van der Waals surface area contributed by atoms with Crippen molar-refractivity contribution in [2.45, 2.75) is 135 Å². The molecule has 1 rings (SSSR count).